The summed E-state index contributed by atoms with van der Waals surface area (Å²) in [5.74, 6) is -0.993. The van der Waals surface area contributed by atoms with E-state index in [-0.39, 0.29) is 11.7 Å². The minimum absolute atomic E-state index is 0.0421. The molecule has 0 amide bonds. The van der Waals surface area contributed by atoms with Gasteiger partial charge in [-0.3, -0.25) is 4.79 Å². The predicted molar refractivity (Wildman–Crippen MR) is 43.6 cm³/mol. The molecule has 0 aliphatic heterocycles. The third-order valence-corrected chi connectivity index (χ3v) is 4.27. The van der Waals surface area contributed by atoms with Gasteiger partial charge in [-0.25, -0.2) is 8.42 Å². The molecule has 0 aromatic carbocycles. The Morgan fingerprint density at radius 1 is 1.58 bits per heavy atom. The van der Waals surface area contributed by atoms with Crippen molar-refractivity contribution in [3.8, 4) is 0 Å². The first-order valence-electron chi connectivity index (χ1n) is 3.88. The van der Waals surface area contributed by atoms with Crippen LogP contribution in [0.1, 0.15) is 19.8 Å². The highest BCUT2D eigenvalue weighted by Crippen LogP contribution is 2.31. The summed E-state index contributed by atoms with van der Waals surface area (Å²) in [4.78, 5) is 10.4. The Morgan fingerprint density at radius 3 is 2.42 bits per heavy atom. The average molecular weight is 192 g/mol. The monoisotopic (exact) mass is 192 g/mol. The number of sulfone groups is 1. The highest BCUT2D eigenvalue weighted by molar-refractivity contribution is 7.92. The van der Waals surface area contributed by atoms with Gasteiger partial charge < -0.3 is 5.11 Å². The van der Waals surface area contributed by atoms with Crippen LogP contribution >= 0.6 is 0 Å². The standard InChI is InChI=1S/C7H12O4S/c1-5(7(8)9)12(10,11)4-6-2-3-6/h5-6H,2-4H2,1H3,(H,8,9). The fourth-order valence-electron chi connectivity index (χ4n) is 0.911. The Labute approximate surface area is 71.5 Å². The van der Waals surface area contributed by atoms with Crippen LogP contribution in [-0.2, 0) is 14.6 Å². The summed E-state index contributed by atoms with van der Waals surface area (Å²) in [6, 6.07) is 0. The van der Waals surface area contributed by atoms with Gasteiger partial charge in [0.1, 0.15) is 0 Å². The molecule has 0 aromatic heterocycles. The summed E-state index contributed by atoms with van der Waals surface area (Å²) in [7, 11) is -3.40. The van der Waals surface area contributed by atoms with Gasteiger partial charge in [0, 0.05) is 0 Å². The Kier molecular flexibility index (Phi) is 2.41. The third kappa shape index (κ3) is 2.20. The Bertz CT molecular complexity index is 276. The molecule has 0 spiro atoms. The maximum absolute atomic E-state index is 11.2. The number of carboxylic acid groups (broad SMARTS) is 1. The van der Waals surface area contributed by atoms with Gasteiger partial charge in [-0.05, 0) is 25.7 Å². The summed E-state index contributed by atoms with van der Waals surface area (Å²) in [5, 5.41) is 7.22. The first-order valence-corrected chi connectivity index (χ1v) is 5.59. The molecule has 1 unspecified atom stereocenters. The van der Waals surface area contributed by atoms with Crippen molar-refractivity contribution < 1.29 is 18.3 Å². The van der Waals surface area contributed by atoms with Crippen LogP contribution in [0.4, 0.5) is 0 Å². The SMILES string of the molecule is CC(C(=O)O)S(=O)(=O)CC1CC1. The lowest BCUT2D eigenvalue weighted by Gasteiger charge is -2.06. The second-order valence-corrected chi connectivity index (χ2v) is 5.62. The third-order valence-electron chi connectivity index (χ3n) is 2.05. The molecule has 0 heterocycles. The zero-order valence-electron chi connectivity index (χ0n) is 6.86. The van der Waals surface area contributed by atoms with E-state index in [0.717, 1.165) is 12.8 Å². The van der Waals surface area contributed by atoms with Crippen LogP contribution in [0.3, 0.4) is 0 Å². The van der Waals surface area contributed by atoms with E-state index in [1.165, 1.54) is 6.92 Å². The normalized spacial score (nSPS) is 20.4. The molecular weight excluding hydrogens is 180 g/mol. The molecule has 0 bridgehead atoms. The van der Waals surface area contributed by atoms with Crippen LogP contribution < -0.4 is 0 Å². The predicted octanol–water partition coefficient (Wildman–Crippen LogP) is 0.284. The van der Waals surface area contributed by atoms with Crippen LogP contribution in [0.5, 0.6) is 0 Å². The lowest BCUT2D eigenvalue weighted by Crippen LogP contribution is -2.29. The first-order chi connectivity index (χ1) is 5.43. The largest absolute Gasteiger partial charge is 0.480 e. The van der Waals surface area contributed by atoms with E-state index in [1.807, 2.05) is 0 Å². The van der Waals surface area contributed by atoms with Crippen molar-refractivity contribution in [1.82, 2.24) is 0 Å². The molecule has 1 atom stereocenters. The second kappa shape index (κ2) is 3.05. The molecule has 12 heavy (non-hydrogen) atoms. The maximum Gasteiger partial charge on any atom is 0.321 e. The van der Waals surface area contributed by atoms with Crippen molar-refractivity contribution in [3.63, 3.8) is 0 Å². The quantitative estimate of drug-likeness (QED) is 0.694. The Morgan fingerprint density at radius 2 is 2.08 bits per heavy atom. The minimum atomic E-state index is -3.40. The van der Waals surface area contributed by atoms with Gasteiger partial charge in [-0.2, -0.15) is 0 Å². The van der Waals surface area contributed by atoms with Gasteiger partial charge in [0.2, 0.25) is 0 Å². The first kappa shape index (κ1) is 9.51. The summed E-state index contributed by atoms with van der Waals surface area (Å²) in [6.07, 6.45) is 1.84. The summed E-state index contributed by atoms with van der Waals surface area (Å²) in [6.45, 7) is 1.22. The molecule has 1 rings (SSSR count). The van der Waals surface area contributed by atoms with Crippen LogP contribution in [0.15, 0.2) is 0 Å². The number of carboxylic acids is 1. The molecule has 70 valence electrons. The van der Waals surface area contributed by atoms with E-state index in [0.29, 0.717) is 0 Å². The Balaban J connectivity index is 2.62. The number of hydrogen-bond donors (Lipinski definition) is 1. The second-order valence-electron chi connectivity index (χ2n) is 3.25. The van der Waals surface area contributed by atoms with Crippen LogP contribution in [-0.4, -0.2) is 30.5 Å². The molecule has 1 saturated carbocycles. The van der Waals surface area contributed by atoms with E-state index < -0.39 is 21.1 Å². The summed E-state index contributed by atoms with van der Waals surface area (Å²) < 4.78 is 22.5. The van der Waals surface area contributed by atoms with Crippen LogP contribution in [0, 0.1) is 5.92 Å². The summed E-state index contributed by atoms with van der Waals surface area (Å²) in [5.41, 5.74) is 0. The smallest absolute Gasteiger partial charge is 0.321 e. The minimum Gasteiger partial charge on any atom is -0.480 e. The van der Waals surface area contributed by atoms with Gasteiger partial charge in [-0.1, -0.05) is 0 Å². The summed E-state index contributed by atoms with van der Waals surface area (Å²) >= 11 is 0. The van der Waals surface area contributed by atoms with E-state index in [2.05, 4.69) is 0 Å². The van der Waals surface area contributed by atoms with E-state index in [1.54, 1.807) is 0 Å². The fourth-order valence-corrected chi connectivity index (χ4v) is 2.50. The van der Waals surface area contributed by atoms with Crippen molar-refractivity contribution in [1.29, 1.82) is 0 Å². The topological polar surface area (TPSA) is 71.4 Å². The molecule has 4 nitrogen and oxygen atoms in total. The average Bonchev–Trinajstić information content (AvgIpc) is 2.69. The van der Waals surface area contributed by atoms with E-state index in [9.17, 15) is 13.2 Å². The number of rotatable bonds is 4. The zero-order valence-corrected chi connectivity index (χ0v) is 7.67. The molecule has 1 aliphatic carbocycles. The molecular formula is C7H12O4S. The van der Waals surface area contributed by atoms with Gasteiger partial charge >= 0.3 is 5.97 Å². The molecule has 1 aliphatic rings. The van der Waals surface area contributed by atoms with Crippen molar-refractivity contribution >= 4 is 15.8 Å². The van der Waals surface area contributed by atoms with Crippen molar-refractivity contribution in [2.75, 3.05) is 5.75 Å². The van der Waals surface area contributed by atoms with E-state index >= 15 is 0 Å². The van der Waals surface area contributed by atoms with Gasteiger partial charge in [0.15, 0.2) is 15.1 Å². The Hall–Kier alpha value is -0.580. The lowest BCUT2D eigenvalue weighted by atomic mass is 10.5. The van der Waals surface area contributed by atoms with Crippen LogP contribution in [0.25, 0.3) is 0 Å². The maximum atomic E-state index is 11.2. The van der Waals surface area contributed by atoms with Crippen LogP contribution in [0.2, 0.25) is 0 Å². The lowest BCUT2D eigenvalue weighted by molar-refractivity contribution is -0.136. The van der Waals surface area contributed by atoms with Gasteiger partial charge in [0.25, 0.3) is 0 Å². The molecule has 1 N–H and O–H groups in total. The van der Waals surface area contributed by atoms with Gasteiger partial charge in [0.05, 0.1) is 5.75 Å². The molecule has 0 radical (unpaired) electrons. The molecule has 1 fully saturated rings. The number of carbonyl (C=O) groups is 1. The number of aliphatic carboxylic acids is 1. The van der Waals surface area contributed by atoms with Gasteiger partial charge in [-0.15, -0.1) is 0 Å². The zero-order chi connectivity index (χ0) is 9.35. The fraction of sp³-hybridized carbons (Fsp3) is 0.857. The molecule has 0 saturated heterocycles. The van der Waals surface area contributed by atoms with Crippen molar-refractivity contribution in [2.45, 2.75) is 25.0 Å². The van der Waals surface area contributed by atoms with Crippen molar-refractivity contribution in [2.24, 2.45) is 5.92 Å². The number of hydrogen-bond acceptors (Lipinski definition) is 3. The van der Waals surface area contributed by atoms with E-state index in [4.69, 9.17) is 5.11 Å². The highest BCUT2D eigenvalue weighted by Gasteiger charge is 2.34. The molecule has 5 heteroatoms. The van der Waals surface area contributed by atoms with Crippen molar-refractivity contribution in [3.05, 3.63) is 0 Å². The molecule has 0 aromatic rings. The highest BCUT2D eigenvalue weighted by atomic mass is 32.2.